The molecule has 0 unspecified atom stereocenters. The van der Waals surface area contributed by atoms with Crippen LogP contribution in [0.1, 0.15) is 45.4 Å². The van der Waals surface area contributed by atoms with E-state index in [2.05, 4.69) is 5.32 Å². The minimum Gasteiger partial charge on any atom is -0.494 e. The zero-order valence-electron chi connectivity index (χ0n) is 17.8. The molecule has 5 nitrogen and oxygen atoms in total. The van der Waals surface area contributed by atoms with Crippen LogP contribution >= 0.6 is 11.6 Å². The highest BCUT2D eigenvalue weighted by Crippen LogP contribution is 2.27. The van der Waals surface area contributed by atoms with Gasteiger partial charge in [0.15, 0.2) is 0 Å². The highest BCUT2D eigenvalue weighted by atomic mass is 35.5. The molecule has 0 fully saturated rings. The number of halogens is 2. The van der Waals surface area contributed by atoms with E-state index in [4.69, 9.17) is 16.3 Å². The first-order chi connectivity index (χ1) is 14.8. The molecule has 1 heterocycles. The molecule has 3 rings (SSSR count). The van der Waals surface area contributed by atoms with E-state index in [9.17, 15) is 14.3 Å². The summed E-state index contributed by atoms with van der Waals surface area (Å²) in [7, 11) is 0. The third-order valence-corrected chi connectivity index (χ3v) is 5.72. The molecular formula is C24H26ClFN2O3. The molecule has 3 aromatic rings. The summed E-state index contributed by atoms with van der Waals surface area (Å²) in [5.41, 5.74) is 3.67. The summed E-state index contributed by atoms with van der Waals surface area (Å²) < 4.78 is 21.6. The van der Waals surface area contributed by atoms with E-state index in [1.807, 2.05) is 42.7 Å². The molecular weight excluding hydrogens is 419 g/mol. The van der Waals surface area contributed by atoms with Crippen LogP contribution in [0.5, 0.6) is 5.75 Å². The van der Waals surface area contributed by atoms with Gasteiger partial charge in [0.25, 0.3) is 0 Å². The largest absolute Gasteiger partial charge is 0.494 e. The Bertz CT molecular complexity index is 1060. The zero-order valence-corrected chi connectivity index (χ0v) is 18.6. The summed E-state index contributed by atoms with van der Waals surface area (Å²) in [6.07, 6.45) is 0. The molecule has 0 saturated heterocycles. The number of hydrogen-bond donors (Lipinski definition) is 2. The van der Waals surface area contributed by atoms with E-state index >= 15 is 0 Å². The minimum atomic E-state index is -1.00. The van der Waals surface area contributed by atoms with Crippen LogP contribution in [0.2, 0.25) is 5.02 Å². The maximum absolute atomic E-state index is 14.3. The fraction of sp³-hybridized carbons (Fsp3) is 0.292. The normalized spacial score (nSPS) is 11.0. The van der Waals surface area contributed by atoms with Gasteiger partial charge in [-0.2, -0.15) is 0 Å². The highest BCUT2D eigenvalue weighted by Gasteiger charge is 2.23. The van der Waals surface area contributed by atoms with E-state index in [0.717, 1.165) is 17.0 Å². The molecule has 0 saturated carbocycles. The van der Waals surface area contributed by atoms with E-state index in [1.54, 1.807) is 19.1 Å². The number of nitrogens with zero attached hydrogens (tertiary/aromatic N) is 1. The Balaban J connectivity index is 1.81. The Kier molecular flexibility index (Phi) is 7.36. The average Bonchev–Trinajstić information content (AvgIpc) is 2.96. The maximum Gasteiger partial charge on any atom is 0.337 e. The predicted octanol–water partition coefficient (Wildman–Crippen LogP) is 5.33. The first-order valence-corrected chi connectivity index (χ1v) is 10.5. The number of carbonyl (C=O) groups is 1. The molecule has 0 aliphatic carbocycles. The SMILES string of the molecule is CCOc1ccc(CNCc2c(C(=O)O)c(C)n(Cc3c(F)cccc3Cl)c2C)cc1. The lowest BCUT2D eigenvalue weighted by Crippen LogP contribution is -2.15. The molecule has 0 atom stereocenters. The summed E-state index contributed by atoms with van der Waals surface area (Å²) in [6, 6.07) is 12.3. The second-order valence-electron chi connectivity index (χ2n) is 7.30. The molecule has 0 amide bonds. The molecule has 31 heavy (non-hydrogen) atoms. The van der Waals surface area contributed by atoms with Gasteiger partial charge in [-0.3, -0.25) is 0 Å². The Morgan fingerprint density at radius 2 is 1.81 bits per heavy atom. The van der Waals surface area contributed by atoms with Gasteiger partial charge in [-0.25, -0.2) is 9.18 Å². The van der Waals surface area contributed by atoms with Gasteiger partial charge < -0.3 is 19.7 Å². The third kappa shape index (κ3) is 5.09. The zero-order chi connectivity index (χ0) is 22.5. The maximum atomic E-state index is 14.3. The van der Waals surface area contributed by atoms with Gasteiger partial charge in [-0.05, 0) is 50.6 Å². The van der Waals surface area contributed by atoms with Crippen LogP contribution in [0.15, 0.2) is 42.5 Å². The molecule has 2 N–H and O–H groups in total. The molecule has 164 valence electrons. The second kappa shape index (κ2) is 9.98. The van der Waals surface area contributed by atoms with E-state index in [-0.39, 0.29) is 12.1 Å². The van der Waals surface area contributed by atoms with Gasteiger partial charge in [-0.1, -0.05) is 29.8 Å². The first kappa shape index (κ1) is 22.8. The van der Waals surface area contributed by atoms with Gasteiger partial charge in [-0.15, -0.1) is 0 Å². The van der Waals surface area contributed by atoms with E-state index in [1.165, 1.54) is 6.07 Å². The number of aromatic nitrogens is 1. The number of nitrogens with one attached hydrogen (secondary N) is 1. The van der Waals surface area contributed by atoms with Crippen molar-refractivity contribution in [1.29, 1.82) is 0 Å². The van der Waals surface area contributed by atoms with Crippen LogP contribution in [0.4, 0.5) is 4.39 Å². The first-order valence-electron chi connectivity index (χ1n) is 10.1. The Labute approximate surface area is 186 Å². The average molecular weight is 445 g/mol. The van der Waals surface area contributed by atoms with Gasteiger partial charge >= 0.3 is 5.97 Å². The van der Waals surface area contributed by atoms with Crippen LogP contribution in [0, 0.1) is 19.7 Å². The Hall–Kier alpha value is -2.83. The number of ether oxygens (including phenoxy) is 1. The van der Waals surface area contributed by atoms with Crippen LogP contribution in [-0.2, 0) is 19.6 Å². The predicted molar refractivity (Wildman–Crippen MR) is 120 cm³/mol. The fourth-order valence-electron chi connectivity index (χ4n) is 3.73. The van der Waals surface area contributed by atoms with Crippen molar-refractivity contribution in [2.24, 2.45) is 0 Å². The monoisotopic (exact) mass is 444 g/mol. The van der Waals surface area contributed by atoms with Crippen molar-refractivity contribution in [3.63, 3.8) is 0 Å². The molecule has 1 aromatic heterocycles. The fourth-order valence-corrected chi connectivity index (χ4v) is 3.95. The lowest BCUT2D eigenvalue weighted by Gasteiger charge is -2.12. The number of aromatic carboxylic acids is 1. The number of carboxylic acid groups (broad SMARTS) is 1. The smallest absolute Gasteiger partial charge is 0.337 e. The number of hydrogen-bond acceptors (Lipinski definition) is 3. The van der Waals surface area contributed by atoms with Crippen LogP contribution in [0.25, 0.3) is 0 Å². The van der Waals surface area contributed by atoms with E-state index < -0.39 is 11.8 Å². The lowest BCUT2D eigenvalue weighted by atomic mass is 10.1. The molecule has 0 radical (unpaired) electrons. The van der Waals surface area contributed by atoms with Crippen molar-refractivity contribution in [2.75, 3.05) is 6.61 Å². The molecule has 7 heteroatoms. The Morgan fingerprint density at radius 3 is 2.42 bits per heavy atom. The lowest BCUT2D eigenvalue weighted by molar-refractivity contribution is 0.0694. The van der Waals surface area contributed by atoms with Crippen LogP contribution in [0.3, 0.4) is 0 Å². The summed E-state index contributed by atoms with van der Waals surface area (Å²) in [4.78, 5) is 12.0. The van der Waals surface area contributed by atoms with Crippen LogP contribution in [-0.4, -0.2) is 22.2 Å². The molecule has 0 spiro atoms. The summed E-state index contributed by atoms with van der Waals surface area (Å²) in [5, 5.41) is 13.4. The van der Waals surface area contributed by atoms with Crippen molar-refractivity contribution in [3.8, 4) is 5.75 Å². The molecule has 0 aliphatic heterocycles. The van der Waals surface area contributed by atoms with Crippen molar-refractivity contribution < 1.29 is 19.0 Å². The molecule has 2 aromatic carbocycles. The standard InChI is InChI=1S/C24H26ClFN2O3/c1-4-31-18-10-8-17(9-11-18)12-27-13-19-15(2)28(16(3)23(19)24(29)30)14-20-21(25)6-5-7-22(20)26/h5-11,27H,4,12-14H2,1-3H3,(H,29,30). The molecule has 0 bridgehead atoms. The van der Waals surface area contributed by atoms with Crippen molar-refractivity contribution in [3.05, 3.63) is 86.9 Å². The van der Waals surface area contributed by atoms with Crippen molar-refractivity contribution in [1.82, 2.24) is 9.88 Å². The van der Waals surface area contributed by atoms with E-state index in [0.29, 0.717) is 41.5 Å². The quantitative estimate of drug-likeness (QED) is 0.468. The van der Waals surface area contributed by atoms with Gasteiger partial charge in [0.2, 0.25) is 0 Å². The topological polar surface area (TPSA) is 63.5 Å². The second-order valence-corrected chi connectivity index (χ2v) is 7.70. The van der Waals surface area contributed by atoms with Gasteiger partial charge in [0.05, 0.1) is 18.7 Å². The summed E-state index contributed by atoms with van der Waals surface area (Å²) in [6.45, 7) is 7.26. The van der Waals surface area contributed by atoms with Crippen molar-refractivity contribution in [2.45, 2.75) is 40.4 Å². The minimum absolute atomic E-state index is 0.169. The summed E-state index contributed by atoms with van der Waals surface area (Å²) in [5.74, 6) is -0.598. The highest BCUT2D eigenvalue weighted by molar-refractivity contribution is 6.31. The van der Waals surface area contributed by atoms with Crippen molar-refractivity contribution >= 4 is 17.6 Å². The summed E-state index contributed by atoms with van der Waals surface area (Å²) >= 11 is 6.18. The van der Waals surface area contributed by atoms with Gasteiger partial charge in [0.1, 0.15) is 11.6 Å². The van der Waals surface area contributed by atoms with Gasteiger partial charge in [0, 0.05) is 40.6 Å². The van der Waals surface area contributed by atoms with Crippen LogP contribution < -0.4 is 10.1 Å². The molecule has 0 aliphatic rings. The Morgan fingerprint density at radius 1 is 1.10 bits per heavy atom. The third-order valence-electron chi connectivity index (χ3n) is 5.37. The number of carboxylic acids is 1. The number of benzene rings is 2. The number of rotatable bonds is 9.